The van der Waals surface area contributed by atoms with Crippen LogP contribution >= 0.6 is 23.2 Å². The molecule has 0 aliphatic heterocycles. The molecule has 0 bridgehead atoms. The van der Waals surface area contributed by atoms with Gasteiger partial charge in [-0.2, -0.15) is 0 Å². The number of hydrogen-bond acceptors (Lipinski definition) is 3. The molecule has 0 unspecified atom stereocenters. The van der Waals surface area contributed by atoms with Gasteiger partial charge >= 0.3 is 0 Å². The monoisotopic (exact) mass is 482 g/mol. The zero-order valence-corrected chi connectivity index (χ0v) is 19.7. The van der Waals surface area contributed by atoms with Crippen LogP contribution in [0, 0.1) is 0 Å². The summed E-state index contributed by atoms with van der Waals surface area (Å²) in [6, 6.07) is 19.9. The van der Waals surface area contributed by atoms with E-state index in [1.54, 1.807) is 36.4 Å². The summed E-state index contributed by atoms with van der Waals surface area (Å²) < 4.78 is 5.47. The Morgan fingerprint density at radius 2 is 1.64 bits per heavy atom. The lowest BCUT2D eigenvalue weighted by Gasteiger charge is -2.28. The van der Waals surface area contributed by atoms with E-state index in [4.69, 9.17) is 27.9 Å². The standard InChI is InChI=1S/C26H24Cl2N2O3/c1-33-22-16-18(12-13-21(22)30-24(31)19-10-7-11-20(27)23(19)28)29-25(32)26(14-5-6-15-26)17-8-3-2-4-9-17/h2-4,7-13,16H,5-6,14-15H2,1H3,(H,29,32)(H,30,31). The van der Waals surface area contributed by atoms with E-state index >= 15 is 0 Å². The molecule has 3 aromatic rings. The predicted molar refractivity (Wildman–Crippen MR) is 133 cm³/mol. The number of carbonyl (C=O) groups excluding carboxylic acids is 2. The first-order valence-corrected chi connectivity index (χ1v) is 11.5. The number of halogens is 2. The SMILES string of the molecule is COc1cc(NC(=O)C2(c3ccccc3)CCCC2)ccc1NC(=O)c1cccc(Cl)c1Cl. The van der Waals surface area contributed by atoms with E-state index in [9.17, 15) is 9.59 Å². The summed E-state index contributed by atoms with van der Waals surface area (Å²) in [5.74, 6) is -0.0261. The molecule has 2 N–H and O–H groups in total. The normalized spacial score (nSPS) is 14.5. The topological polar surface area (TPSA) is 67.4 Å². The zero-order valence-electron chi connectivity index (χ0n) is 18.2. The highest BCUT2D eigenvalue weighted by molar-refractivity contribution is 6.44. The smallest absolute Gasteiger partial charge is 0.257 e. The molecule has 0 radical (unpaired) electrons. The lowest BCUT2D eigenvalue weighted by molar-refractivity contribution is -0.121. The van der Waals surface area contributed by atoms with Crippen molar-refractivity contribution < 1.29 is 14.3 Å². The fourth-order valence-electron chi connectivity index (χ4n) is 4.37. The summed E-state index contributed by atoms with van der Waals surface area (Å²) in [6.45, 7) is 0. The van der Waals surface area contributed by atoms with Crippen LogP contribution in [0.3, 0.4) is 0 Å². The van der Waals surface area contributed by atoms with E-state index in [1.165, 1.54) is 7.11 Å². The number of carbonyl (C=O) groups is 2. The van der Waals surface area contributed by atoms with Crippen molar-refractivity contribution in [1.82, 2.24) is 0 Å². The van der Waals surface area contributed by atoms with Crippen molar-refractivity contribution in [2.24, 2.45) is 0 Å². The molecule has 5 nitrogen and oxygen atoms in total. The number of benzene rings is 3. The van der Waals surface area contributed by atoms with Gasteiger partial charge in [0.1, 0.15) is 5.75 Å². The molecule has 0 atom stereocenters. The second kappa shape index (κ2) is 9.86. The largest absolute Gasteiger partial charge is 0.494 e. The van der Waals surface area contributed by atoms with Gasteiger partial charge in [-0.15, -0.1) is 0 Å². The first-order chi connectivity index (χ1) is 15.9. The Hall–Kier alpha value is -3.02. The molecule has 33 heavy (non-hydrogen) atoms. The maximum Gasteiger partial charge on any atom is 0.257 e. The van der Waals surface area contributed by atoms with E-state index in [1.807, 2.05) is 30.3 Å². The van der Waals surface area contributed by atoms with Crippen molar-refractivity contribution in [3.63, 3.8) is 0 Å². The van der Waals surface area contributed by atoms with Gasteiger partial charge in [-0.25, -0.2) is 0 Å². The molecule has 1 aliphatic carbocycles. The first-order valence-electron chi connectivity index (χ1n) is 10.7. The fourth-order valence-corrected chi connectivity index (χ4v) is 4.76. The second-order valence-corrected chi connectivity index (χ2v) is 8.87. The molecule has 1 aliphatic rings. The summed E-state index contributed by atoms with van der Waals surface area (Å²) in [6.07, 6.45) is 3.66. The molecule has 0 heterocycles. The van der Waals surface area contributed by atoms with E-state index in [0.29, 0.717) is 22.1 Å². The van der Waals surface area contributed by atoms with Crippen LogP contribution in [0.15, 0.2) is 66.7 Å². The van der Waals surface area contributed by atoms with Crippen LogP contribution in [-0.2, 0) is 10.2 Å². The average Bonchev–Trinajstić information content (AvgIpc) is 3.34. The number of rotatable bonds is 6. The van der Waals surface area contributed by atoms with Crippen LogP contribution in [0.2, 0.25) is 10.0 Å². The summed E-state index contributed by atoms with van der Waals surface area (Å²) >= 11 is 12.2. The van der Waals surface area contributed by atoms with Gasteiger partial charge in [0, 0.05) is 11.8 Å². The predicted octanol–water partition coefficient (Wildman–Crippen LogP) is 6.70. The Balaban J connectivity index is 1.55. The minimum Gasteiger partial charge on any atom is -0.494 e. The van der Waals surface area contributed by atoms with Crippen LogP contribution in [-0.4, -0.2) is 18.9 Å². The van der Waals surface area contributed by atoms with Gasteiger partial charge in [-0.1, -0.05) is 72.4 Å². The van der Waals surface area contributed by atoms with Crippen LogP contribution in [0.4, 0.5) is 11.4 Å². The maximum absolute atomic E-state index is 13.4. The number of methoxy groups -OCH3 is 1. The molecule has 170 valence electrons. The maximum atomic E-state index is 13.4. The van der Waals surface area contributed by atoms with Gasteiger partial charge in [0.25, 0.3) is 5.91 Å². The number of ether oxygens (including phenoxy) is 1. The molecule has 1 fully saturated rings. The zero-order chi connectivity index (χ0) is 23.4. The molecular weight excluding hydrogens is 459 g/mol. The average molecular weight is 483 g/mol. The van der Waals surface area contributed by atoms with Gasteiger partial charge in [0.2, 0.25) is 5.91 Å². The summed E-state index contributed by atoms with van der Waals surface area (Å²) in [4.78, 5) is 26.1. The van der Waals surface area contributed by atoms with Crippen molar-refractivity contribution in [3.05, 3.63) is 87.9 Å². The lowest BCUT2D eigenvalue weighted by Crippen LogP contribution is -2.37. The van der Waals surface area contributed by atoms with Gasteiger partial charge in [0.15, 0.2) is 0 Å². The summed E-state index contributed by atoms with van der Waals surface area (Å²) in [5.41, 5.74) is 1.81. The van der Waals surface area contributed by atoms with Crippen molar-refractivity contribution in [1.29, 1.82) is 0 Å². The Morgan fingerprint density at radius 1 is 0.909 bits per heavy atom. The third-order valence-corrected chi connectivity index (χ3v) is 6.94. The number of hydrogen-bond donors (Lipinski definition) is 2. The van der Waals surface area contributed by atoms with Gasteiger partial charge in [-0.05, 0) is 42.7 Å². The quantitative estimate of drug-likeness (QED) is 0.410. The third-order valence-electron chi connectivity index (χ3n) is 6.12. The van der Waals surface area contributed by atoms with Crippen molar-refractivity contribution in [2.75, 3.05) is 17.7 Å². The highest BCUT2D eigenvalue weighted by Crippen LogP contribution is 2.42. The van der Waals surface area contributed by atoms with E-state index in [0.717, 1.165) is 31.2 Å². The highest BCUT2D eigenvalue weighted by atomic mass is 35.5. The molecule has 4 rings (SSSR count). The van der Waals surface area contributed by atoms with Crippen molar-refractivity contribution in [3.8, 4) is 5.75 Å². The molecule has 0 spiro atoms. The Kier molecular flexibility index (Phi) is 6.91. The molecular formula is C26H24Cl2N2O3. The molecule has 1 saturated carbocycles. The van der Waals surface area contributed by atoms with Gasteiger partial charge in [-0.3, -0.25) is 9.59 Å². The molecule has 2 amide bonds. The number of amides is 2. The molecule has 3 aromatic carbocycles. The van der Waals surface area contributed by atoms with Crippen LogP contribution in [0.25, 0.3) is 0 Å². The van der Waals surface area contributed by atoms with Crippen molar-refractivity contribution >= 4 is 46.4 Å². The van der Waals surface area contributed by atoms with Gasteiger partial charge < -0.3 is 15.4 Å². The van der Waals surface area contributed by atoms with Crippen LogP contribution in [0.5, 0.6) is 5.75 Å². The molecule has 0 aromatic heterocycles. The number of anilines is 2. The van der Waals surface area contributed by atoms with Gasteiger partial charge in [0.05, 0.1) is 33.8 Å². The first kappa shape index (κ1) is 23.1. The third kappa shape index (κ3) is 4.70. The summed E-state index contributed by atoms with van der Waals surface area (Å²) in [7, 11) is 1.51. The van der Waals surface area contributed by atoms with E-state index in [2.05, 4.69) is 10.6 Å². The Bertz CT molecular complexity index is 1180. The second-order valence-electron chi connectivity index (χ2n) is 8.08. The van der Waals surface area contributed by atoms with Crippen LogP contribution in [0.1, 0.15) is 41.6 Å². The Labute approximate surface area is 203 Å². The van der Waals surface area contributed by atoms with Crippen LogP contribution < -0.4 is 15.4 Å². The molecule has 0 saturated heterocycles. The van der Waals surface area contributed by atoms with E-state index < -0.39 is 11.3 Å². The van der Waals surface area contributed by atoms with Crippen molar-refractivity contribution in [2.45, 2.75) is 31.1 Å². The minimum absolute atomic E-state index is 0.0317. The fraction of sp³-hybridized carbons (Fsp3) is 0.231. The number of nitrogens with one attached hydrogen (secondary N) is 2. The summed E-state index contributed by atoms with van der Waals surface area (Å²) in [5, 5.41) is 6.33. The minimum atomic E-state index is -0.537. The lowest BCUT2D eigenvalue weighted by atomic mass is 9.78. The van der Waals surface area contributed by atoms with E-state index in [-0.39, 0.29) is 16.5 Å². The molecule has 7 heteroatoms. The highest BCUT2D eigenvalue weighted by Gasteiger charge is 2.42. The Morgan fingerprint density at radius 3 is 2.33 bits per heavy atom.